The van der Waals surface area contributed by atoms with Crippen molar-refractivity contribution in [3.05, 3.63) is 47.8 Å². The standard InChI is InChI=1S/C20H24N4O2/c1-13-11-19(26-23-13)22-20(25)14(2)24-9-7-15(8-10-24)17-12-21-18-6-4-3-5-16(17)18/h3-6,11-12,14-15,21H,7-10H2,1-2H3,(H,22,25)/t14-/m1/s1. The topological polar surface area (TPSA) is 74.2 Å². The van der Waals surface area contributed by atoms with Gasteiger partial charge in [-0.25, -0.2) is 0 Å². The van der Waals surface area contributed by atoms with Crippen molar-refractivity contribution in [1.29, 1.82) is 0 Å². The van der Waals surface area contributed by atoms with Crippen LogP contribution in [0.2, 0.25) is 0 Å². The Morgan fingerprint density at radius 2 is 2.12 bits per heavy atom. The lowest BCUT2D eigenvalue weighted by Gasteiger charge is -2.35. The summed E-state index contributed by atoms with van der Waals surface area (Å²) in [6, 6.07) is 9.99. The third-order valence-corrected chi connectivity index (χ3v) is 5.39. The van der Waals surface area contributed by atoms with Crippen molar-refractivity contribution in [2.45, 2.75) is 38.6 Å². The van der Waals surface area contributed by atoms with Crippen LogP contribution in [0.1, 0.15) is 36.9 Å². The maximum absolute atomic E-state index is 12.5. The van der Waals surface area contributed by atoms with Crippen LogP contribution in [0.15, 0.2) is 41.1 Å². The molecule has 1 fully saturated rings. The molecule has 0 radical (unpaired) electrons. The minimum Gasteiger partial charge on any atom is -0.361 e. The zero-order chi connectivity index (χ0) is 18.1. The van der Waals surface area contributed by atoms with Crippen molar-refractivity contribution in [1.82, 2.24) is 15.0 Å². The zero-order valence-corrected chi connectivity index (χ0v) is 15.2. The van der Waals surface area contributed by atoms with Crippen LogP contribution in [-0.4, -0.2) is 40.1 Å². The summed E-state index contributed by atoms with van der Waals surface area (Å²) in [5.41, 5.74) is 3.35. The molecule has 2 aromatic heterocycles. The third-order valence-electron chi connectivity index (χ3n) is 5.39. The minimum absolute atomic E-state index is 0.0494. The van der Waals surface area contributed by atoms with Gasteiger partial charge in [-0.15, -0.1) is 0 Å². The molecule has 1 aliphatic rings. The van der Waals surface area contributed by atoms with E-state index >= 15 is 0 Å². The first-order valence-electron chi connectivity index (χ1n) is 9.16. The van der Waals surface area contributed by atoms with Gasteiger partial charge in [0.25, 0.3) is 0 Å². The van der Waals surface area contributed by atoms with Gasteiger partial charge in [-0.05, 0) is 57.3 Å². The second-order valence-corrected chi connectivity index (χ2v) is 7.10. The van der Waals surface area contributed by atoms with Gasteiger partial charge in [0.15, 0.2) is 0 Å². The predicted molar refractivity (Wildman–Crippen MR) is 101 cm³/mol. The van der Waals surface area contributed by atoms with E-state index in [0.29, 0.717) is 11.8 Å². The Hall–Kier alpha value is -2.60. The van der Waals surface area contributed by atoms with Gasteiger partial charge in [0.1, 0.15) is 0 Å². The highest BCUT2D eigenvalue weighted by Crippen LogP contribution is 2.33. The monoisotopic (exact) mass is 352 g/mol. The molecule has 6 heteroatoms. The first kappa shape index (κ1) is 16.8. The molecule has 0 unspecified atom stereocenters. The van der Waals surface area contributed by atoms with E-state index in [1.807, 2.05) is 13.8 Å². The number of hydrogen-bond donors (Lipinski definition) is 2. The van der Waals surface area contributed by atoms with Crippen molar-refractivity contribution < 1.29 is 9.32 Å². The van der Waals surface area contributed by atoms with Gasteiger partial charge in [0.2, 0.25) is 11.8 Å². The largest absolute Gasteiger partial charge is 0.361 e. The maximum Gasteiger partial charge on any atom is 0.243 e. The fourth-order valence-electron chi connectivity index (χ4n) is 3.84. The predicted octanol–water partition coefficient (Wildman–Crippen LogP) is 3.67. The molecule has 26 heavy (non-hydrogen) atoms. The summed E-state index contributed by atoms with van der Waals surface area (Å²) in [6.45, 7) is 5.60. The maximum atomic E-state index is 12.5. The zero-order valence-electron chi connectivity index (χ0n) is 15.2. The molecule has 0 aliphatic carbocycles. The second-order valence-electron chi connectivity index (χ2n) is 7.10. The number of nitrogens with zero attached hydrogens (tertiary/aromatic N) is 2. The quantitative estimate of drug-likeness (QED) is 0.751. The molecular formula is C20H24N4O2. The van der Waals surface area contributed by atoms with Crippen LogP contribution in [-0.2, 0) is 4.79 Å². The molecular weight excluding hydrogens is 328 g/mol. The number of carbonyl (C=O) groups excluding carboxylic acids is 1. The van der Waals surface area contributed by atoms with Gasteiger partial charge in [-0.1, -0.05) is 23.4 Å². The van der Waals surface area contributed by atoms with E-state index in [0.717, 1.165) is 31.6 Å². The van der Waals surface area contributed by atoms with E-state index in [4.69, 9.17) is 4.52 Å². The number of piperidine rings is 1. The summed E-state index contributed by atoms with van der Waals surface area (Å²) < 4.78 is 5.08. The molecule has 0 saturated carbocycles. The number of rotatable bonds is 4. The van der Waals surface area contributed by atoms with Crippen molar-refractivity contribution in [3.63, 3.8) is 0 Å². The van der Waals surface area contributed by atoms with Crippen LogP contribution in [0.4, 0.5) is 5.88 Å². The van der Waals surface area contributed by atoms with Gasteiger partial charge in [0.05, 0.1) is 11.7 Å². The first-order chi connectivity index (χ1) is 12.6. The number of nitrogens with one attached hydrogen (secondary N) is 2. The summed E-state index contributed by atoms with van der Waals surface area (Å²) in [5.74, 6) is 0.898. The number of hydrogen-bond acceptors (Lipinski definition) is 4. The van der Waals surface area contributed by atoms with E-state index < -0.39 is 0 Å². The first-order valence-corrected chi connectivity index (χ1v) is 9.16. The van der Waals surface area contributed by atoms with Crippen LogP contribution in [0.25, 0.3) is 10.9 Å². The Bertz CT molecular complexity index is 905. The van der Waals surface area contributed by atoms with Crippen molar-refractivity contribution >= 4 is 22.7 Å². The fourth-order valence-corrected chi connectivity index (χ4v) is 3.84. The summed E-state index contributed by atoms with van der Waals surface area (Å²) >= 11 is 0. The second kappa shape index (κ2) is 6.96. The number of aromatic amines is 1. The number of benzene rings is 1. The molecule has 1 aromatic carbocycles. The molecule has 6 nitrogen and oxygen atoms in total. The number of amides is 1. The lowest BCUT2D eigenvalue weighted by molar-refractivity contribution is -0.121. The summed E-state index contributed by atoms with van der Waals surface area (Å²) in [5, 5.41) is 7.92. The summed E-state index contributed by atoms with van der Waals surface area (Å²) in [7, 11) is 0. The van der Waals surface area contributed by atoms with Crippen molar-refractivity contribution in [2.24, 2.45) is 0 Å². The van der Waals surface area contributed by atoms with E-state index in [-0.39, 0.29) is 11.9 Å². The van der Waals surface area contributed by atoms with E-state index in [2.05, 4.69) is 50.8 Å². The highest BCUT2D eigenvalue weighted by atomic mass is 16.5. The molecule has 0 spiro atoms. The number of likely N-dealkylation sites (tertiary alicyclic amines) is 1. The minimum atomic E-state index is -0.190. The number of H-pyrrole nitrogens is 1. The smallest absolute Gasteiger partial charge is 0.243 e. The van der Waals surface area contributed by atoms with Crippen LogP contribution >= 0.6 is 0 Å². The molecule has 1 amide bonds. The number of anilines is 1. The van der Waals surface area contributed by atoms with Gasteiger partial charge in [-0.3, -0.25) is 15.0 Å². The van der Waals surface area contributed by atoms with Gasteiger partial charge in [-0.2, -0.15) is 0 Å². The van der Waals surface area contributed by atoms with Crippen LogP contribution in [0, 0.1) is 6.92 Å². The van der Waals surface area contributed by atoms with E-state index in [1.165, 1.54) is 16.5 Å². The van der Waals surface area contributed by atoms with Crippen molar-refractivity contribution in [2.75, 3.05) is 18.4 Å². The SMILES string of the molecule is Cc1cc(NC(=O)[C@@H](C)N2CCC(c3c[nH]c4ccccc34)CC2)on1. The number of aromatic nitrogens is 2. The Balaban J connectivity index is 1.37. The normalized spacial score (nSPS) is 17.5. The molecule has 3 heterocycles. The lowest BCUT2D eigenvalue weighted by atomic mass is 9.88. The van der Waals surface area contributed by atoms with Crippen LogP contribution in [0.5, 0.6) is 0 Å². The van der Waals surface area contributed by atoms with E-state index in [9.17, 15) is 4.79 Å². The summed E-state index contributed by atoms with van der Waals surface area (Å²) in [4.78, 5) is 18.1. The van der Waals surface area contributed by atoms with Gasteiger partial charge in [0, 0.05) is 23.2 Å². The van der Waals surface area contributed by atoms with E-state index in [1.54, 1.807) is 6.07 Å². The van der Waals surface area contributed by atoms with Crippen molar-refractivity contribution in [3.8, 4) is 0 Å². The number of aryl methyl sites for hydroxylation is 1. The fraction of sp³-hybridized carbons (Fsp3) is 0.400. The summed E-state index contributed by atoms with van der Waals surface area (Å²) in [6.07, 6.45) is 4.26. The third kappa shape index (κ3) is 3.24. The molecule has 2 N–H and O–H groups in total. The Morgan fingerprint density at radius 3 is 2.85 bits per heavy atom. The highest BCUT2D eigenvalue weighted by Gasteiger charge is 2.28. The highest BCUT2D eigenvalue weighted by molar-refractivity contribution is 5.93. The molecule has 1 atom stereocenters. The molecule has 3 aromatic rings. The molecule has 1 aliphatic heterocycles. The number of fused-ring (bicyclic) bond motifs is 1. The molecule has 0 bridgehead atoms. The van der Waals surface area contributed by atoms with Gasteiger partial charge < -0.3 is 9.51 Å². The van der Waals surface area contributed by atoms with Gasteiger partial charge >= 0.3 is 0 Å². The number of carbonyl (C=O) groups is 1. The lowest BCUT2D eigenvalue weighted by Crippen LogP contribution is -2.45. The molecule has 136 valence electrons. The van der Waals surface area contributed by atoms with Crippen LogP contribution in [0.3, 0.4) is 0 Å². The Kier molecular flexibility index (Phi) is 4.51. The van der Waals surface area contributed by atoms with Crippen LogP contribution < -0.4 is 5.32 Å². The Morgan fingerprint density at radius 1 is 1.35 bits per heavy atom. The Labute approximate surface area is 152 Å². The molecule has 1 saturated heterocycles. The average Bonchev–Trinajstić information content (AvgIpc) is 3.27. The molecule has 4 rings (SSSR count). The average molecular weight is 352 g/mol. The number of para-hydroxylation sites is 1.